The summed E-state index contributed by atoms with van der Waals surface area (Å²) in [6.07, 6.45) is 5.40. The summed E-state index contributed by atoms with van der Waals surface area (Å²) in [6, 6.07) is 0.925. The van der Waals surface area contributed by atoms with Crippen LogP contribution in [0.25, 0.3) is 0 Å². The molecule has 3 heteroatoms. The summed E-state index contributed by atoms with van der Waals surface area (Å²) in [5.41, 5.74) is 0. The summed E-state index contributed by atoms with van der Waals surface area (Å²) in [4.78, 5) is 2.63. The fraction of sp³-hybridized carbons (Fsp3) is 1.00. The van der Waals surface area contributed by atoms with Crippen LogP contribution in [0, 0.1) is 5.92 Å². The molecular formula is C11H21NO2. The van der Waals surface area contributed by atoms with Crippen LogP contribution in [0.5, 0.6) is 0 Å². The molecule has 82 valence electrons. The lowest BCUT2D eigenvalue weighted by atomic mass is 9.98. The molecule has 1 saturated heterocycles. The number of aliphatic hydroxyl groups excluding tert-OH is 1. The molecule has 0 amide bonds. The molecular weight excluding hydrogens is 178 g/mol. The standard InChI is InChI=1S/C11H21NO2/c13-7-8-14-9-10-3-5-12(6-4-10)11-1-2-11/h10-11,13H,1-9H2. The van der Waals surface area contributed by atoms with E-state index in [1.165, 1.54) is 38.8 Å². The van der Waals surface area contributed by atoms with E-state index in [1.807, 2.05) is 0 Å². The summed E-state index contributed by atoms with van der Waals surface area (Å²) in [6.45, 7) is 4.03. The van der Waals surface area contributed by atoms with Gasteiger partial charge in [0, 0.05) is 12.6 Å². The van der Waals surface area contributed by atoms with Crippen molar-refractivity contribution < 1.29 is 9.84 Å². The summed E-state index contributed by atoms with van der Waals surface area (Å²) >= 11 is 0. The Bertz CT molecular complexity index is 163. The van der Waals surface area contributed by atoms with E-state index < -0.39 is 0 Å². The van der Waals surface area contributed by atoms with Gasteiger partial charge in [0.15, 0.2) is 0 Å². The lowest BCUT2D eigenvalue weighted by Gasteiger charge is -2.31. The summed E-state index contributed by atoms with van der Waals surface area (Å²) in [7, 11) is 0. The quantitative estimate of drug-likeness (QED) is 0.667. The first kappa shape index (κ1) is 10.4. The molecule has 0 aromatic carbocycles. The first-order valence-electron chi connectivity index (χ1n) is 5.83. The van der Waals surface area contributed by atoms with Crippen LogP contribution in [0.1, 0.15) is 25.7 Å². The van der Waals surface area contributed by atoms with E-state index in [0.29, 0.717) is 6.61 Å². The van der Waals surface area contributed by atoms with Crippen molar-refractivity contribution in [2.24, 2.45) is 5.92 Å². The predicted molar refractivity (Wildman–Crippen MR) is 55.2 cm³/mol. The molecule has 2 fully saturated rings. The van der Waals surface area contributed by atoms with Crippen LogP contribution in [0.2, 0.25) is 0 Å². The van der Waals surface area contributed by atoms with Crippen molar-refractivity contribution in [3.05, 3.63) is 0 Å². The Labute approximate surface area is 86.0 Å². The van der Waals surface area contributed by atoms with Crippen molar-refractivity contribution in [3.63, 3.8) is 0 Å². The van der Waals surface area contributed by atoms with Crippen molar-refractivity contribution >= 4 is 0 Å². The lowest BCUT2D eigenvalue weighted by molar-refractivity contribution is 0.0451. The van der Waals surface area contributed by atoms with Crippen molar-refractivity contribution in [2.75, 3.05) is 32.9 Å². The highest BCUT2D eigenvalue weighted by Crippen LogP contribution is 2.30. The van der Waals surface area contributed by atoms with E-state index in [-0.39, 0.29) is 6.61 Å². The van der Waals surface area contributed by atoms with Gasteiger partial charge >= 0.3 is 0 Å². The maximum atomic E-state index is 8.59. The monoisotopic (exact) mass is 199 g/mol. The molecule has 1 aliphatic heterocycles. The second-order valence-electron chi connectivity index (χ2n) is 4.51. The van der Waals surface area contributed by atoms with Crippen molar-refractivity contribution in [1.82, 2.24) is 4.90 Å². The molecule has 1 N–H and O–H groups in total. The second kappa shape index (κ2) is 5.10. The third-order valence-corrected chi connectivity index (χ3v) is 3.30. The molecule has 3 nitrogen and oxygen atoms in total. The number of ether oxygens (including phenoxy) is 1. The highest BCUT2D eigenvalue weighted by atomic mass is 16.5. The van der Waals surface area contributed by atoms with Crippen molar-refractivity contribution in [2.45, 2.75) is 31.7 Å². The Kier molecular flexibility index (Phi) is 3.79. The van der Waals surface area contributed by atoms with Gasteiger partial charge < -0.3 is 14.7 Å². The molecule has 1 heterocycles. The maximum Gasteiger partial charge on any atom is 0.0697 e. The molecule has 0 aromatic rings. The minimum absolute atomic E-state index is 0.154. The van der Waals surface area contributed by atoms with E-state index in [4.69, 9.17) is 9.84 Å². The molecule has 0 aromatic heterocycles. The van der Waals surface area contributed by atoms with E-state index >= 15 is 0 Å². The van der Waals surface area contributed by atoms with Crippen LogP contribution in [0.3, 0.4) is 0 Å². The Morgan fingerprint density at radius 1 is 1.14 bits per heavy atom. The van der Waals surface area contributed by atoms with Crippen LogP contribution in [-0.4, -0.2) is 49.0 Å². The number of hydrogen-bond donors (Lipinski definition) is 1. The van der Waals surface area contributed by atoms with Crippen molar-refractivity contribution in [1.29, 1.82) is 0 Å². The Balaban J connectivity index is 1.58. The van der Waals surface area contributed by atoms with Crippen LogP contribution < -0.4 is 0 Å². The number of aliphatic hydroxyl groups is 1. The normalized spacial score (nSPS) is 25.5. The van der Waals surface area contributed by atoms with Crippen LogP contribution in [0.4, 0.5) is 0 Å². The molecule has 0 spiro atoms. The molecule has 1 saturated carbocycles. The lowest BCUT2D eigenvalue weighted by Crippen LogP contribution is -2.36. The fourth-order valence-electron chi connectivity index (χ4n) is 2.24. The minimum atomic E-state index is 0.154. The zero-order chi connectivity index (χ0) is 9.80. The zero-order valence-electron chi connectivity index (χ0n) is 8.82. The van der Waals surface area contributed by atoms with E-state index in [0.717, 1.165) is 18.6 Å². The van der Waals surface area contributed by atoms with E-state index in [1.54, 1.807) is 0 Å². The van der Waals surface area contributed by atoms with E-state index in [2.05, 4.69) is 4.90 Å². The number of hydrogen-bond acceptors (Lipinski definition) is 3. The molecule has 0 atom stereocenters. The van der Waals surface area contributed by atoms with Crippen LogP contribution >= 0.6 is 0 Å². The van der Waals surface area contributed by atoms with Crippen LogP contribution in [-0.2, 0) is 4.74 Å². The Morgan fingerprint density at radius 2 is 1.86 bits per heavy atom. The molecule has 2 aliphatic rings. The van der Waals surface area contributed by atoms with Crippen LogP contribution in [0.15, 0.2) is 0 Å². The van der Waals surface area contributed by atoms with Gasteiger partial charge in [-0.1, -0.05) is 0 Å². The molecule has 2 rings (SSSR count). The van der Waals surface area contributed by atoms with Gasteiger partial charge in [0.05, 0.1) is 13.2 Å². The van der Waals surface area contributed by atoms with Gasteiger partial charge in [0.25, 0.3) is 0 Å². The number of nitrogens with zero attached hydrogens (tertiary/aromatic N) is 1. The number of rotatable bonds is 5. The molecule has 0 bridgehead atoms. The van der Waals surface area contributed by atoms with E-state index in [9.17, 15) is 0 Å². The largest absolute Gasteiger partial charge is 0.394 e. The third kappa shape index (κ3) is 2.94. The maximum absolute atomic E-state index is 8.59. The molecule has 0 radical (unpaired) electrons. The smallest absolute Gasteiger partial charge is 0.0697 e. The molecule has 1 aliphatic carbocycles. The summed E-state index contributed by atoms with van der Waals surface area (Å²) in [5.74, 6) is 0.733. The van der Waals surface area contributed by atoms with Crippen molar-refractivity contribution in [3.8, 4) is 0 Å². The van der Waals surface area contributed by atoms with Gasteiger partial charge in [-0.25, -0.2) is 0 Å². The fourth-order valence-corrected chi connectivity index (χ4v) is 2.24. The van der Waals surface area contributed by atoms with Gasteiger partial charge in [-0.2, -0.15) is 0 Å². The SMILES string of the molecule is OCCOCC1CCN(C2CC2)CC1. The Morgan fingerprint density at radius 3 is 2.43 bits per heavy atom. The average molecular weight is 199 g/mol. The number of piperidine rings is 1. The third-order valence-electron chi connectivity index (χ3n) is 3.30. The Hall–Kier alpha value is -0.120. The zero-order valence-corrected chi connectivity index (χ0v) is 8.82. The average Bonchev–Trinajstić information content (AvgIpc) is 3.03. The number of likely N-dealkylation sites (tertiary alicyclic amines) is 1. The first-order chi connectivity index (χ1) is 6.90. The van der Waals surface area contributed by atoms with Gasteiger partial charge in [-0.05, 0) is 44.7 Å². The second-order valence-corrected chi connectivity index (χ2v) is 4.51. The first-order valence-corrected chi connectivity index (χ1v) is 5.83. The summed E-state index contributed by atoms with van der Waals surface area (Å²) in [5, 5.41) is 8.59. The van der Waals surface area contributed by atoms with Gasteiger partial charge in [-0.3, -0.25) is 0 Å². The highest BCUT2D eigenvalue weighted by molar-refractivity contribution is 4.87. The molecule has 14 heavy (non-hydrogen) atoms. The van der Waals surface area contributed by atoms with Gasteiger partial charge in [0.2, 0.25) is 0 Å². The predicted octanol–water partition coefficient (Wildman–Crippen LogP) is 0.870. The minimum Gasteiger partial charge on any atom is -0.394 e. The van der Waals surface area contributed by atoms with Gasteiger partial charge in [-0.15, -0.1) is 0 Å². The summed E-state index contributed by atoms with van der Waals surface area (Å²) < 4.78 is 5.37. The molecule has 0 unspecified atom stereocenters. The topological polar surface area (TPSA) is 32.7 Å². The highest BCUT2D eigenvalue weighted by Gasteiger charge is 2.31. The van der Waals surface area contributed by atoms with Gasteiger partial charge in [0.1, 0.15) is 0 Å².